The largest absolute Gasteiger partial charge is 0.495 e. The second-order valence-corrected chi connectivity index (χ2v) is 3.00. The lowest BCUT2D eigenvalue weighted by atomic mass is 10.0. The first kappa shape index (κ1) is 10.8. The Bertz CT molecular complexity index is 384. The summed E-state index contributed by atoms with van der Waals surface area (Å²) in [6, 6.07) is 6.04. The molecule has 3 nitrogen and oxygen atoms in total. The lowest BCUT2D eigenvalue weighted by Gasteiger charge is -2.06. The molecule has 1 heterocycles. The second kappa shape index (κ2) is 4.32. The lowest BCUT2D eigenvalue weighted by Crippen LogP contribution is -2.00. The van der Waals surface area contributed by atoms with Gasteiger partial charge in [0.15, 0.2) is 0 Å². The van der Waals surface area contributed by atoms with Gasteiger partial charge < -0.3 is 10.1 Å². The van der Waals surface area contributed by atoms with E-state index in [-0.39, 0.29) is 12.4 Å². The van der Waals surface area contributed by atoms with Gasteiger partial charge in [0.2, 0.25) is 0 Å². The fourth-order valence-corrected chi connectivity index (χ4v) is 1.65. The van der Waals surface area contributed by atoms with Crippen LogP contribution in [0.4, 0.5) is 0 Å². The molecule has 1 aromatic carbocycles. The van der Waals surface area contributed by atoms with Crippen molar-refractivity contribution in [2.24, 2.45) is 0 Å². The molecule has 1 aliphatic heterocycles. The number of ether oxygens (including phenoxy) is 1. The minimum absolute atomic E-state index is 0. The summed E-state index contributed by atoms with van der Waals surface area (Å²) < 4.78 is 5.11. The molecule has 1 aliphatic rings. The molecule has 0 aromatic heterocycles. The van der Waals surface area contributed by atoms with E-state index in [0.717, 1.165) is 18.7 Å². The van der Waals surface area contributed by atoms with Crippen molar-refractivity contribution in [2.75, 3.05) is 7.11 Å². The first-order chi connectivity index (χ1) is 6.36. The zero-order chi connectivity index (χ0) is 9.26. The molecule has 74 valence electrons. The summed E-state index contributed by atoms with van der Waals surface area (Å²) in [6.07, 6.45) is 0. The van der Waals surface area contributed by atoms with Crippen LogP contribution < -0.4 is 10.1 Å². The van der Waals surface area contributed by atoms with Crippen molar-refractivity contribution >= 4 is 12.4 Å². The van der Waals surface area contributed by atoms with Crippen LogP contribution >= 0.6 is 12.4 Å². The van der Waals surface area contributed by atoms with Crippen molar-refractivity contribution in [1.82, 2.24) is 5.32 Å². The number of rotatable bonds is 1. The number of methoxy groups -OCH3 is 1. The summed E-state index contributed by atoms with van der Waals surface area (Å²) in [5.41, 5.74) is 2.96. The molecule has 14 heavy (non-hydrogen) atoms. The molecule has 0 atom stereocenters. The quantitative estimate of drug-likeness (QED) is 0.766. The number of benzene rings is 1. The molecular formula is C10H11ClN2O. The molecule has 0 aliphatic carbocycles. The number of hydrogen-bond donors (Lipinski definition) is 1. The number of nitriles is 1. The van der Waals surface area contributed by atoms with Crippen molar-refractivity contribution < 1.29 is 4.74 Å². The number of halogens is 1. The molecule has 0 spiro atoms. The standard InChI is InChI=1S/C10H10N2O.ClH/c1-13-10-3-2-7-5-12-6-9(7)8(10)4-11;/h2-3,12H,5-6H2,1H3;1H. The first-order valence-corrected chi connectivity index (χ1v) is 4.16. The molecule has 0 radical (unpaired) electrons. The summed E-state index contributed by atoms with van der Waals surface area (Å²) in [7, 11) is 1.59. The molecule has 0 saturated carbocycles. The van der Waals surface area contributed by atoms with Gasteiger partial charge in [-0.3, -0.25) is 0 Å². The van der Waals surface area contributed by atoms with E-state index < -0.39 is 0 Å². The fourth-order valence-electron chi connectivity index (χ4n) is 1.65. The third-order valence-corrected chi connectivity index (χ3v) is 2.32. The normalized spacial score (nSPS) is 12.6. The number of fused-ring (bicyclic) bond motifs is 1. The van der Waals surface area contributed by atoms with Gasteiger partial charge >= 0.3 is 0 Å². The highest BCUT2D eigenvalue weighted by Gasteiger charge is 2.17. The number of nitrogens with one attached hydrogen (secondary N) is 1. The van der Waals surface area contributed by atoms with Gasteiger partial charge in [-0.1, -0.05) is 6.07 Å². The SMILES string of the molecule is COc1ccc2c(c1C#N)CNC2.Cl. The molecule has 1 N–H and O–H groups in total. The molecule has 0 unspecified atom stereocenters. The highest BCUT2D eigenvalue weighted by molar-refractivity contribution is 5.85. The van der Waals surface area contributed by atoms with Crippen LogP contribution in [-0.2, 0) is 13.1 Å². The van der Waals surface area contributed by atoms with Crippen molar-refractivity contribution in [1.29, 1.82) is 5.26 Å². The molecule has 0 bridgehead atoms. The fraction of sp³-hybridized carbons (Fsp3) is 0.300. The summed E-state index contributed by atoms with van der Waals surface area (Å²) >= 11 is 0. The first-order valence-electron chi connectivity index (χ1n) is 4.16. The number of hydrogen-bond acceptors (Lipinski definition) is 3. The molecule has 0 fully saturated rings. The van der Waals surface area contributed by atoms with Gasteiger partial charge in [-0.15, -0.1) is 12.4 Å². The average molecular weight is 211 g/mol. The Morgan fingerprint density at radius 1 is 1.43 bits per heavy atom. The van der Waals surface area contributed by atoms with Gasteiger partial charge in [0.05, 0.1) is 12.7 Å². The predicted octanol–water partition coefficient (Wildman–Crippen LogP) is 1.59. The zero-order valence-electron chi connectivity index (χ0n) is 7.83. The van der Waals surface area contributed by atoms with Crippen molar-refractivity contribution in [3.8, 4) is 11.8 Å². The van der Waals surface area contributed by atoms with Crippen molar-refractivity contribution in [3.05, 3.63) is 28.8 Å². The second-order valence-electron chi connectivity index (χ2n) is 3.00. The van der Waals surface area contributed by atoms with Gasteiger partial charge in [0.25, 0.3) is 0 Å². The van der Waals surface area contributed by atoms with Crippen LogP contribution in [0.15, 0.2) is 12.1 Å². The van der Waals surface area contributed by atoms with Crippen LogP contribution in [0, 0.1) is 11.3 Å². The molecule has 0 amide bonds. The van der Waals surface area contributed by atoms with Gasteiger partial charge in [-0.05, 0) is 17.2 Å². The van der Waals surface area contributed by atoms with Gasteiger partial charge in [-0.25, -0.2) is 0 Å². The molecule has 1 aromatic rings. The third kappa shape index (κ3) is 1.54. The van der Waals surface area contributed by atoms with Crippen molar-refractivity contribution in [2.45, 2.75) is 13.1 Å². The van der Waals surface area contributed by atoms with Gasteiger partial charge in [0.1, 0.15) is 11.8 Å². The smallest absolute Gasteiger partial charge is 0.136 e. The molecular weight excluding hydrogens is 200 g/mol. The monoisotopic (exact) mass is 210 g/mol. The Kier molecular flexibility index (Phi) is 3.34. The van der Waals surface area contributed by atoms with E-state index in [0.29, 0.717) is 11.3 Å². The van der Waals surface area contributed by atoms with Crippen molar-refractivity contribution in [3.63, 3.8) is 0 Å². The summed E-state index contributed by atoms with van der Waals surface area (Å²) in [6.45, 7) is 1.63. The Hall–Kier alpha value is -1.24. The molecule has 0 saturated heterocycles. The van der Waals surface area contributed by atoms with E-state index in [2.05, 4.69) is 11.4 Å². The zero-order valence-corrected chi connectivity index (χ0v) is 8.65. The van der Waals surface area contributed by atoms with Crippen LogP contribution in [-0.4, -0.2) is 7.11 Å². The van der Waals surface area contributed by atoms with Gasteiger partial charge in [-0.2, -0.15) is 5.26 Å². The minimum atomic E-state index is 0. The van der Waals surface area contributed by atoms with E-state index >= 15 is 0 Å². The van der Waals surface area contributed by atoms with Gasteiger partial charge in [0, 0.05) is 13.1 Å². The van der Waals surface area contributed by atoms with E-state index in [1.54, 1.807) is 7.11 Å². The third-order valence-electron chi connectivity index (χ3n) is 2.32. The maximum absolute atomic E-state index is 8.96. The maximum Gasteiger partial charge on any atom is 0.136 e. The van der Waals surface area contributed by atoms with E-state index in [9.17, 15) is 0 Å². The van der Waals surface area contributed by atoms with E-state index in [4.69, 9.17) is 10.00 Å². The average Bonchev–Trinajstić information content (AvgIpc) is 2.63. The minimum Gasteiger partial charge on any atom is -0.495 e. The van der Waals surface area contributed by atoms with Crippen LogP contribution in [0.5, 0.6) is 5.75 Å². The Labute approximate surface area is 89.1 Å². The highest BCUT2D eigenvalue weighted by Crippen LogP contribution is 2.27. The molecule has 4 heteroatoms. The Morgan fingerprint density at radius 2 is 2.21 bits per heavy atom. The Morgan fingerprint density at radius 3 is 2.86 bits per heavy atom. The number of nitrogens with zero attached hydrogens (tertiary/aromatic N) is 1. The molecule has 2 rings (SSSR count). The predicted molar refractivity (Wildman–Crippen MR) is 55.5 cm³/mol. The lowest BCUT2D eigenvalue weighted by molar-refractivity contribution is 0.413. The topological polar surface area (TPSA) is 45.0 Å². The summed E-state index contributed by atoms with van der Waals surface area (Å²) in [4.78, 5) is 0. The highest BCUT2D eigenvalue weighted by atomic mass is 35.5. The summed E-state index contributed by atoms with van der Waals surface area (Å²) in [5, 5.41) is 12.2. The van der Waals surface area contributed by atoms with Crippen LogP contribution in [0.3, 0.4) is 0 Å². The Balaban J connectivity index is 0.000000980. The van der Waals surface area contributed by atoms with Crippen LogP contribution in [0.25, 0.3) is 0 Å². The van der Waals surface area contributed by atoms with Crippen LogP contribution in [0.1, 0.15) is 16.7 Å². The van der Waals surface area contributed by atoms with E-state index in [1.165, 1.54) is 5.56 Å². The maximum atomic E-state index is 8.96. The van der Waals surface area contributed by atoms with Crippen LogP contribution in [0.2, 0.25) is 0 Å². The summed E-state index contributed by atoms with van der Waals surface area (Å²) in [5.74, 6) is 0.671. The van der Waals surface area contributed by atoms with E-state index in [1.807, 2.05) is 12.1 Å².